The number of halogens is 3. The van der Waals surface area contributed by atoms with Crippen molar-refractivity contribution in [3.63, 3.8) is 0 Å². The van der Waals surface area contributed by atoms with Crippen molar-refractivity contribution in [2.45, 2.75) is 6.18 Å². The summed E-state index contributed by atoms with van der Waals surface area (Å²) in [6, 6.07) is 3.44. The lowest BCUT2D eigenvalue weighted by Crippen LogP contribution is -2.07. The van der Waals surface area contributed by atoms with Gasteiger partial charge in [-0.3, -0.25) is 0 Å². The largest absolute Gasteiger partial charge is 0.507 e. The Morgan fingerprint density at radius 2 is 2.00 bits per heavy atom. The van der Waals surface area contributed by atoms with Crippen molar-refractivity contribution in [2.75, 3.05) is 0 Å². The number of aromatic carboxylic acids is 1. The van der Waals surface area contributed by atoms with Gasteiger partial charge in [-0.2, -0.15) is 13.2 Å². The molecule has 0 unspecified atom stereocenters. The number of aromatic hydroxyl groups is 1. The Morgan fingerprint density at radius 1 is 1.32 bits per heavy atom. The van der Waals surface area contributed by atoms with Crippen LogP contribution in [0.5, 0.6) is 5.75 Å². The summed E-state index contributed by atoms with van der Waals surface area (Å²) in [5.74, 6) is -3.02. The molecule has 0 saturated heterocycles. The number of nitrogens with one attached hydrogen (secondary N) is 1. The van der Waals surface area contributed by atoms with E-state index < -0.39 is 29.3 Å². The number of benzene rings is 1. The van der Waals surface area contributed by atoms with Gasteiger partial charge < -0.3 is 15.2 Å². The first-order chi connectivity index (χ1) is 8.79. The maximum atomic E-state index is 12.4. The quantitative estimate of drug-likeness (QED) is 0.784. The number of imidazole rings is 1. The number of rotatable bonds is 2. The molecule has 0 aliphatic rings. The van der Waals surface area contributed by atoms with Gasteiger partial charge in [-0.1, -0.05) is 0 Å². The number of carbonyl (C=O) groups is 1. The predicted octanol–water partition coefficient (Wildman–Crippen LogP) is 2.50. The van der Waals surface area contributed by atoms with Gasteiger partial charge in [0.1, 0.15) is 11.3 Å². The summed E-state index contributed by atoms with van der Waals surface area (Å²) in [6.45, 7) is 0. The molecular formula is C11H7F3N2O3. The van der Waals surface area contributed by atoms with Crippen LogP contribution in [0, 0.1) is 0 Å². The minimum atomic E-state index is -4.61. The van der Waals surface area contributed by atoms with Crippen molar-refractivity contribution in [2.24, 2.45) is 0 Å². The Kier molecular flexibility index (Phi) is 2.93. The second-order valence-electron chi connectivity index (χ2n) is 3.68. The Bertz CT molecular complexity index is 634. The van der Waals surface area contributed by atoms with Crippen LogP contribution in [0.25, 0.3) is 11.3 Å². The van der Waals surface area contributed by atoms with Gasteiger partial charge in [0.25, 0.3) is 0 Å². The number of alkyl halides is 3. The molecule has 0 spiro atoms. The summed E-state index contributed by atoms with van der Waals surface area (Å²) in [7, 11) is 0. The molecule has 0 aliphatic carbocycles. The van der Waals surface area contributed by atoms with Crippen LogP contribution >= 0.6 is 0 Å². The number of hydrogen-bond acceptors (Lipinski definition) is 3. The van der Waals surface area contributed by atoms with Gasteiger partial charge in [0, 0.05) is 5.56 Å². The van der Waals surface area contributed by atoms with Gasteiger partial charge in [0.05, 0.1) is 11.9 Å². The Balaban J connectivity index is 2.45. The SMILES string of the molecule is O=C(O)c1cc(-c2cnc(C(F)(F)F)[nH]2)ccc1O. The molecule has 2 rings (SSSR count). The van der Waals surface area contributed by atoms with Crippen LogP contribution in [0.4, 0.5) is 13.2 Å². The third-order valence-electron chi connectivity index (χ3n) is 2.38. The highest BCUT2D eigenvalue weighted by Gasteiger charge is 2.34. The third kappa shape index (κ3) is 2.51. The van der Waals surface area contributed by atoms with E-state index in [2.05, 4.69) is 4.98 Å². The molecule has 19 heavy (non-hydrogen) atoms. The molecule has 100 valence electrons. The number of H-pyrrole nitrogens is 1. The van der Waals surface area contributed by atoms with Crippen molar-refractivity contribution >= 4 is 5.97 Å². The number of carboxylic acid groups (broad SMARTS) is 1. The molecule has 0 aliphatic heterocycles. The summed E-state index contributed by atoms with van der Waals surface area (Å²) in [6.07, 6.45) is -3.66. The maximum absolute atomic E-state index is 12.4. The van der Waals surface area contributed by atoms with Crippen LogP contribution in [0.15, 0.2) is 24.4 Å². The van der Waals surface area contributed by atoms with Crippen molar-refractivity contribution in [3.8, 4) is 17.0 Å². The van der Waals surface area contributed by atoms with Crippen molar-refractivity contribution in [1.29, 1.82) is 0 Å². The monoisotopic (exact) mass is 272 g/mol. The van der Waals surface area contributed by atoms with E-state index in [4.69, 9.17) is 5.11 Å². The average molecular weight is 272 g/mol. The summed E-state index contributed by atoms with van der Waals surface area (Å²) in [5, 5.41) is 18.1. The van der Waals surface area contributed by atoms with Crippen LogP contribution in [-0.4, -0.2) is 26.2 Å². The Labute approximate surface area is 104 Å². The lowest BCUT2D eigenvalue weighted by atomic mass is 10.1. The topological polar surface area (TPSA) is 86.2 Å². The Hall–Kier alpha value is -2.51. The molecule has 0 amide bonds. The minimum absolute atomic E-state index is 0.00910. The zero-order chi connectivity index (χ0) is 14.2. The highest BCUT2D eigenvalue weighted by Crippen LogP contribution is 2.30. The van der Waals surface area contributed by atoms with Crippen molar-refractivity contribution < 1.29 is 28.2 Å². The summed E-state index contributed by atoms with van der Waals surface area (Å²) in [5.41, 5.74) is -0.214. The van der Waals surface area contributed by atoms with Gasteiger partial charge in [-0.15, -0.1) is 0 Å². The van der Waals surface area contributed by atoms with Crippen LogP contribution < -0.4 is 0 Å². The summed E-state index contributed by atoms with van der Waals surface area (Å²) < 4.78 is 37.1. The molecular weight excluding hydrogens is 265 g/mol. The van der Waals surface area contributed by atoms with E-state index in [-0.39, 0.29) is 11.3 Å². The number of aromatic amines is 1. The summed E-state index contributed by atoms with van der Waals surface area (Å²) >= 11 is 0. The number of aromatic nitrogens is 2. The van der Waals surface area contributed by atoms with Crippen molar-refractivity contribution in [3.05, 3.63) is 35.8 Å². The summed E-state index contributed by atoms with van der Waals surface area (Å²) in [4.78, 5) is 16.0. The van der Waals surface area contributed by atoms with E-state index in [0.29, 0.717) is 0 Å². The number of carboxylic acids is 1. The van der Waals surface area contributed by atoms with Crippen molar-refractivity contribution in [1.82, 2.24) is 9.97 Å². The fourth-order valence-corrected chi connectivity index (χ4v) is 1.49. The van der Waals surface area contributed by atoms with E-state index in [1.54, 1.807) is 0 Å². The second-order valence-corrected chi connectivity index (χ2v) is 3.68. The molecule has 1 aromatic carbocycles. The van der Waals surface area contributed by atoms with Crippen LogP contribution in [0.1, 0.15) is 16.2 Å². The van der Waals surface area contributed by atoms with E-state index >= 15 is 0 Å². The second kappa shape index (κ2) is 4.30. The molecule has 5 nitrogen and oxygen atoms in total. The molecule has 8 heteroatoms. The zero-order valence-electron chi connectivity index (χ0n) is 9.19. The standard InChI is InChI=1S/C11H7F3N2O3/c12-11(13,14)10-15-4-7(16-10)5-1-2-8(17)6(3-5)9(18)19/h1-4,17H,(H,15,16)(H,18,19). The first kappa shape index (κ1) is 12.9. The molecule has 0 atom stereocenters. The number of phenols is 1. The molecule has 0 bridgehead atoms. The highest BCUT2D eigenvalue weighted by atomic mass is 19.4. The first-order valence-electron chi connectivity index (χ1n) is 4.98. The fraction of sp³-hybridized carbons (Fsp3) is 0.0909. The lowest BCUT2D eigenvalue weighted by Gasteiger charge is -2.03. The smallest absolute Gasteiger partial charge is 0.449 e. The van der Waals surface area contributed by atoms with Gasteiger partial charge >= 0.3 is 12.1 Å². The van der Waals surface area contributed by atoms with Crippen LogP contribution in [-0.2, 0) is 6.18 Å². The van der Waals surface area contributed by atoms with Crippen LogP contribution in [0.3, 0.4) is 0 Å². The minimum Gasteiger partial charge on any atom is -0.507 e. The van der Waals surface area contributed by atoms with E-state index in [1.807, 2.05) is 4.98 Å². The Morgan fingerprint density at radius 3 is 2.53 bits per heavy atom. The van der Waals surface area contributed by atoms with E-state index in [1.165, 1.54) is 6.07 Å². The molecule has 0 saturated carbocycles. The normalized spacial score (nSPS) is 11.5. The van der Waals surface area contributed by atoms with Gasteiger partial charge in [-0.25, -0.2) is 9.78 Å². The molecule has 0 fully saturated rings. The molecule has 1 aromatic heterocycles. The number of hydrogen-bond donors (Lipinski definition) is 3. The van der Waals surface area contributed by atoms with E-state index in [0.717, 1.165) is 18.3 Å². The maximum Gasteiger partial charge on any atom is 0.449 e. The fourth-order valence-electron chi connectivity index (χ4n) is 1.49. The first-order valence-corrected chi connectivity index (χ1v) is 4.98. The highest BCUT2D eigenvalue weighted by molar-refractivity contribution is 5.92. The average Bonchev–Trinajstić information content (AvgIpc) is 2.78. The molecule has 2 aromatic rings. The van der Waals surface area contributed by atoms with Crippen LogP contribution in [0.2, 0.25) is 0 Å². The molecule has 0 radical (unpaired) electrons. The van der Waals surface area contributed by atoms with E-state index in [9.17, 15) is 23.1 Å². The molecule has 3 N–H and O–H groups in total. The van der Waals surface area contributed by atoms with Gasteiger partial charge in [0.15, 0.2) is 0 Å². The molecule has 1 heterocycles. The van der Waals surface area contributed by atoms with Gasteiger partial charge in [-0.05, 0) is 18.2 Å². The third-order valence-corrected chi connectivity index (χ3v) is 2.38. The zero-order valence-corrected chi connectivity index (χ0v) is 9.19. The number of nitrogens with zero attached hydrogens (tertiary/aromatic N) is 1. The van der Waals surface area contributed by atoms with Gasteiger partial charge in [0.2, 0.25) is 5.82 Å². The predicted molar refractivity (Wildman–Crippen MR) is 57.6 cm³/mol. The lowest BCUT2D eigenvalue weighted by molar-refractivity contribution is -0.144.